The van der Waals surface area contributed by atoms with Crippen LogP contribution in [0.1, 0.15) is 43.1 Å². The van der Waals surface area contributed by atoms with Crippen molar-refractivity contribution in [2.45, 2.75) is 39.0 Å². The van der Waals surface area contributed by atoms with E-state index in [2.05, 4.69) is 25.7 Å². The lowest BCUT2D eigenvalue weighted by Crippen LogP contribution is -2.56. The molecule has 0 spiro atoms. The molecular weight excluding hydrogens is 324 g/mol. The summed E-state index contributed by atoms with van der Waals surface area (Å²) in [6, 6.07) is 15.5. The largest absolute Gasteiger partial charge is 0.490 e. The third kappa shape index (κ3) is 3.07. The van der Waals surface area contributed by atoms with Crippen LogP contribution in [0.2, 0.25) is 0 Å². The van der Waals surface area contributed by atoms with Crippen molar-refractivity contribution in [2.24, 2.45) is 0 Å². The van der Waals surface area contributed by atoms with Crippen molar-refractivity contribution in [1.29, 1.82) is 0 Å². The molecule has 1 aliphatic heterocycles. The summed E-state index contributed by atoms with van der Waals surface area (Å²) >= 11 is 0. The zero-order valence-electron chi connectivity index (χ0n) is 15.7. The van der Waals surface area contributed by atoms with Crippen molar-refractivity contribution in [3.05, 3.63) is 72.3 Å². The van der Waals surface area contributed by atoms with E-state index in [-0.39, 0.29) is 12.0 Å². The summed E-state index contributed by atoms with van der Waals surface area (Å²) in [7, 11) is 0. The van der Waals surface area contributed by atoms with Gasteiger partial charge in [-0.05, 0) is 38.5 Å². The average molecular weight is 350 g/mol. The van der Waals surface area contributed by atoms with E-state index < -0.39 is 5.66 Å². The molecule has 4 nitrogen and oxygen atoms in total. The Kier molecular flexibility index (Phi) is 5.03. The lowest BCUT2D eigenvalue weighted by molar-refractivity contribution is 0.0564. The van der Waals surface area contributed by atoms with Gasteiger partial charge in [-0.2, -0.15) is 0 Å². The van der Waals surface area contributed by atoms with E-state index in [1.54, 1.807) is 11.0 Å². The summed E-state index contributed by atoms with van der Waals surface area (Å²) in [6.07, 6.45) is 2.76. The van der Waals surface area contributed by atoms with E-state index in [0.717, 1.165) is 23.4 Å². The first kappa shape index (κ1) is 18.1. The van der Waals surface area contributed by atoms with E-state index in [1.807, 2.05) is 55.5 Å². The first-order chi connectivity index (χ1) is 12.5. The van der Waals surface area contributed by atoms with Gasteiger partial charge in [-0.15, -0.1) is 6.58 Å². The van der Waals surface area contributed by atoms with Crippen molar-refractivity contribution in [3.63, 3.8) is 0 Å². The monoisotopic (exact) mass is 350 g/mol. The molecule has 26 heavy (non-hydrogen) atoms. The van der Waals surface area contributed by atoms with Crippen molar-refractivity contribution in [1.82, 2.24) is 4.90 Å². The zero-order valence-corrected chi connectivity index (χ0v) is 15.7. The van der Waals surface area contributed by atoms with Crippen molar-refractivity contribution < 1.29 is 9.53 Å². The number of para-hydroxylation sites is 2. The van der Waals surface area contributed by atoms with E-state index >= 15 is 0 Å². The third-order valence-electron chi connectivity index (χ3n) is 4.95. The van der Waals surface area contributed by atoms with Gasteiger partial charge in [0, 0.05) is 17.8 Å². The molecule has 0 radical (unpaired) electrons. The molecule has 1 N–H and O–H groups in total. The number of nitrogens with zero attached hydrogens (tertiary/aromatic N) is 1. The Bertz CT molecular complexity index is 817. The van der Waals surface area contributed by atoms with Gasteiger partial charge >= 0.3 is 0 Å². The van der Waals surface area contributed by atoms with Crippen LogP contribution in [0.4, 0.5) is 5.69 Å². The summed E-state index contributed by atoms with van der Waals surface area (Å²) in [5.41, 5.74) is 1.71. The molecule has 0 fully saturated rings. The molecule has 2 aromatic carbocycles. The fourth-order valence-corrected chi connectivity index (χ4v) is 3.34. The molecule has 2 atom stereocenters. The molecule has 2 aromatic rings. The second kappa shape index (κ2) is 7.24. The molecule has 136 valence electrons. The fourth-order valence-electron chi connectivity index (χ4n) is 3.34. The molecular formula is C22H26N2O2. The number of ether oxygens (including phenoxy) is 1. The first-order valence-electron chi connectivity index (χ1n) is 9.07. The van der Waals surface area contributed by atoms with Gasteiger partial charge < -0.3 is 15.0 Å². The molecule has 1 aliphatic rings. The van der Waals surface area contributed by atoms with Crippen molar-refractivity contribution >= 4 is 11.6 Å². The van der Waals surface area contributed by atoms with Gasteiger partial charge in [0.05, 0.1) is 11.7 Å². The molecule has 4 heteroatoms. The highest BCUT2D eigenvalue weighted by molar-refractivity contribution is 6.02. The molecule has 0 aromatic heterocycles. The van der Waals surface area contributed by atoms with E-state index in [0.29, 0.717) is 12.1 Å². The minimum absolute atomic E-state index is 0.0138. The topological polar surface area (TPSA) is 41.6 Å². The molecule has 0 aliphatic carbocycles. The molecule has 0 saturated heterocycles. The van der Waals surface area contributed by atoms with Crippen LogP contribution < -0.4 is 10.1 Å². The number of fused-ring (bicyclic) bond motifs is 1. The quantitative estimate of drug-likeness (QED) is 0.762. The van der Waals surface area contributed by atoms with Crippen molar-refractivity contribution in [3.8, 4) is 5.75 Å². The van der Waals surface area contributed by atoms with Crippen LogP contribution in [0, 0.1) is 0 Å². The molecule has 3 rings (SSSR count). The summed E-state index contributed by atoms with van der Waals surface area (Å²) in [5.74, 6) is 0.776. The summed E-state index contributed by atoms with van der Waals surface area (Å²) in [6.45, 7) is 10.4. The Morgan fingerprint density at radius 2 is 1.92 bits per heavy atom. The van der Waals surface area contributed by atoms with Gasteiger partial charge in [0.2, 0.25) is 0 Å². The summed E-state index contributed by atoms with van der Waals surface area (Å²) in [5, 5.41) is 3.56. The Morgan fingerprint density at radius 3 is 2.65 bits per heavy atom. The fraction of sp³-hybridized carbons (Fsp3) is 0.318. The van der Waals surface area contributed by atoms with E-state index in [4.69, 9.17) is 4.74 Å². The van der Waals surface area contributed by atoms with E-state index in [1.165, 1.54) is 0 Å². The van der Waals surface area contributed by atoms with Gasteiger partial charge in [0.25, 0.3) is 5.91 Å². The van der Waals surface area contributed by atoms with Crippen LogP contribution in [0.25, 0.3) is 0 Å². The molecule has 0 saturated carbocycles. The Balaban J connectivity index is 2.13. The number of anilines is 1. The number of hydrogen-bond donors (Lipinski definition) is 1. The number of hydrogen-bond acceptors (Lipinski definition) is 3. The maximum absolute atomic E-state index is 13.2. The van der Waals surface area contributed by atoms with E-state index in [9.17, 15) is 4.79 Å². The number of carbonyl (C=O) groups is 1. The predicted molar refractivity (Wildman–Crippen MR) is 105 cm³/mol. The number of benzene rings is 2. The summed E-state index contributed by atoms with van der Waals surface area (Å²) < 4.78 is 6.16. The highest BCUT2D eigenvalue weighted by Gasteiger charge is 2.43. The lowest BCUT2D eigenvalue weighted by Gasteiger charge is -2.46. The number of amides is 1. The van der Waals surface area contributed by atoms with Gasteiger partial charge in [-0.3, -0.25) is 4.79 Å². The minimum Gasteiger partial charge on any atom is -0.490 e. The van der Waals surface area contributed by atoms with Crippen molar-refractivity contribution in [2.75, 3.05) is 11.9 Å². The van der Waals surface area contributed by atoms with Gasteiger partial charge in [-0.25, -0.2) is 0 Å². The first-order valence-corrected chi connectivity index (χ1v) is 9.07. The maximum atomic E-state index is 13.2. The Labute approximate surface area is 155 Å². The predicted octanol–water partition coefficient (Wildman–Crippen LogP) is 4.79. The average Bonchev–Trinajstić information content (AvgIpc) is 2.65. The van der Waals surface area contributed by atoms with Crippen LogP contribution in [0.15, 0.2) is 61.2 Å². The smallest absolute Gasteiger partial charge is 0.258 e. The summed E-state index contributed by atoms with van der Waals surface area (Å²) in [4.78, 5) is 15.0. The van der Waals surface area contributed by atoms with Crippen LogP contribution in [-0.4, -0.2) is 23.5 Å². The van der Waals surface area contributed by atoms with Gasteiger partial charge in [0.15, 0.2) is 0 Å². The highest BCUT2D eigenvalue weighted by Crippen LogP contribution is 2.41. The maximum Gasteiger partial charge on any atom is 0.258 e. The number of carbonyl (C=O) groups excluding carboxylic acids is 1. The molecule has 1 amide bonds. The molecule has 0 bridgehead atoms. The zero-order chi connectivity index (χ0) is 18.7. The second-order valence-electron chi connectivity index (χ2n) is 6.78. The standard InChI is InChI=1S/C22H26N2O2/c1-5-15-24-21(25)17-11-7-9-13-19(17)23-22(24,4)18-12-8-10-14-20(18)26-16(3)6-2/h5,7-14,16,23H,1,6,15H2,2-4H3. The van der Waals surface area contributed by atoms with Crippen LogP contribution >= 0.6 is 0 Å². The van der Waals surface area contributed by atoms with Crippen LogP contribution in [0.3, 0.4) is 0 Å². The third-order valence-corrected chi connectivity index (χ3v) is 4.95. The van der Waals surface area contributed by atoms with Crippen LogP contribution in [0.5, 0.6) is 5.75 Å². The SMILES string of the molecule is C=CCN1C(=O)c2ccccc2NC1(C)c1ccccc1OC(C)CC. The van der Waals surface area contributed by atoms with Gasteiger partial charge in [-0.1, -0.05) is 43.3 Å². The number of nitrogens with one attached hydrogen (secondary N) is 1. The lowest BCUT2D eigenvalue weighted by atomic mass is 9.92. The Morgan fingerprint density at radius 1 is 1.23 bits per heavy atom. The van der Waals surface area contributed by atoms with Crippen LogP contribution in [-0.2, 0) is 5.66 Å². The normalized spacial score (nSPS) is 20.1. The molecule has 2 unspecified atom stereocenters. The highest BCUT2D eigenvalue weighted by atomic mass is 16.5. The second-order valence-corrected chi connectivity index (χ2v) is 6.78. The molecule has 1 heterocycles. The minimum atomic E-state index is -0.732. The number of rotatable bonds is 6. The van der Waals surface area contributed by atoms with Gasteiger partial charge in [0.1, 0.15) is 11.4 Å². The Hall–Kier alpha value is -2.75.